The summed E-state index contributed by atoms with van der Waals surface area (Å²) in [5.74, 6) is -0.218. The zero-order valence-electron chi connectivity index (χ0n) is 13.3. The molecule has 5 heteroatoms. The van der Waals surface area contributed by atoms with Gasteiger partial charge in [-0.1, -0.05) is 12.1 Å². The van der Waals surface area contributed by atoms with E-state index in [4.69, 9.17) is 4.74 Å². The summed E-state index contributed by atoms with van der Waals surface area (Å²) in [5.41, 5.74) is 2.93. The van der Waals surface area contributed by atoms with Gasteiger partial charge in [-0.3, -0.25) is 10.00 Å². The summed E-state index contributed by atoms with van der Waals surface area (Å²) in [4.78, 5) is 2.59. The number of halogens is 1. The Morgan fingerprint density at radius 3 is 2.78 bits per heavy atom. The second-order valence-corrected chi connectivity index (χ2v) is 6.67. The summed E-state index contributed by atoms with van der Waals surface area (Å²) in [7, 11) is 1.82. The summed E-state index contributed by atoms with van der Waals surface area (Å²) >= 11 is 0. The summed E-state index contributed by atoms with van der Waals surface area (Å²) in [6.07, 6.45) is 6.99. The normalized spacial score (nSPS) is 27.5. The van der Waals surface area contributed by atoms with E-state index in [0.29, 0.717) is 18.2 Å². The van der Waals surface area contributed by atoms with E-state index >= 15 is 0 Å². The van der Waals surface area contributed by atoms with E-state index in [2.05, 4.69) is 15.1 Å². The van der Waals surface area contributed by atoms with E-state index in [-0.39, 0.29) is 5.82 Å². The predicted molar refractivity (Wildman–Crippen MR) is 86.4 cm³/mol. The lowest BCUT2D eigenvalue weighted by atomic mass is 9.98. The first-order valence-corrected chi connectivity index (χ1v) is 8.31. The van der Waals surface area contributed by atoms with Crippen molar-refractivity contribution >= 4 is 0 Å². The molecule has 2 aliphatic heterocycles. The minimum absolute atomic E-state index is 0.218. The average Bonchev–Trinajstić information content (AvgIpc) is 3.10. The molecule has 122 valence electrons. The average molecular weight is 315 g/mol. The van der Waals surface area contributed by atoms with Crippen molar-refractivity contribution in [1.29, 1.82) is 0 Å². The van der Waals surface area contributed by atoms with E-state index < -0.39 is 0 Å². The van der Waals surface area contributed by atoms with Crippen LogP contribution in [0.2, 0.25) is 0 Å². The van der Waals surface area contributed by atoms with E-state index in [1.54, 1.807) is 12.1 Å². The van der Waals surface area contributed by atoms with Gasteiger partial charge in [0.05, 0.1) is 18.0 Å². The molecule has 1 aromatic heterocycles. The number of hydrogen-bond donors (Lipinski definition) is 1. The number of fused-ring (bicyclic) bond motifs is 2. The van der Waals surface area contributed by atoms with Crippen molar-refractivity contribution in [2.45, 2.75) is 50.4 Å². The van der Waals surface area contributed by atoms with Gasteiger partial charge in [-0.2, -0.15) is 5.10 Å². The predicted octanol–water partition coefficient (Wildman–Crippen LogP) is 3.36. The first-order chi connectivity index (χ1) is 11.2. The Bertz CT molecular complexity index is 672. The van der Waals surface area contributed by atoms with Crippen molar-refractivity contribution < 1.29 is 9.13 Å². The molecule has 1 aromatic carbocycles. The lowest BCUT2D eigenvalue weighted by Gasteiger charge is -2.38. The van der Waals surface area contributed by atoms with Crippen LogP contribution < -0.4 is 0 Å². The molecule has 0 aliphatic carbocycles. The van der Waals surface area contributed by atoms with Crippen LogP contribution in [0.15, 0.2) is 30.5 Å². The molecule has 0 radical (unpaired) electrons. The van der Waals surface area contributed by atoms with Crippen LogP contribution in [0.3, 0.4) is 0 Å². The smallest absolute Gasteiger partial charge is 0.123 e. The molecule has 2 aromatic rings. The highest BCUT2D eigenvalue weighted by Crippen LogP contribution is 2.38. The molecular formula is C18H22FN3O. The molecule has 4 rings (SSSR count). The number of ether oxygens (including phenoxy) is 1. The van der Waals surface area contributed by atoms with Gasteiger partial charge in [0.2, 0.25) is 0 Å². The maximum Gasteiger partial charge on any atom is 0.123 e. The first kappa shape index (κ1) is 14.8. The zero-order valence-corrected chi connectivity index (χ0v) is 13.3. The Hall–Kier alpha value is -1.72. The number of nitrogens with zero attached hydrogens (tertiary/aromatic N) is 2. The molecule has 2 aliphatic rings. The Morgan fingerprint density at radius 2 is 2.09 bits per heavy atom. The summed E-state index contributed by atoms with van der Waals surface area (Å²) in [5, 5.41) is 7.24. The fraction of sp³-hybridized carbons (Fsp3) is 0.500. The Balaban J connectivity index is 1.56. The molecule has 1 N–H and O–H groups in total. The SMILES string of the molecule is COC1C[C@H]2CC[C@@H](C1)N2Cc1cn[nH]c1-c1cccc(F)c1. The number of piperidine rings is 1. The van der Waals surface area contributed by atoms with Crippen LogP contribution in [0.1, 0.15) is 31.2 Å². The number of aromatic nitrogens is 2. The van der Waals surface area contributed by atoms with Crippen molar-refractivity contribution in [3.63, 3.8) is 0 Å². The monoisotopic (exact) mass is 315 g/mol. The molecule has 23 heavy (non-hydrogen) atoms. The van der Waals surface area contributed by atoms with Crippen LogP contribution in [0.5, 0.6) is 0 Å². The molecule has 2 bridgehead atoms. The minimum atomic E-state index is -0.218. The fourth-order valence-corrected chi connectivity index (χ4v) is 4.20. The maximum absolute atomic E-state index is 13.5. The number of hydrogen-bond acceptors (Lipinski definition) is 3. The quantitative estimate of drug-likeness (QED) is 0.940. The van der Waals surface area contributed by atoms with Crippen molar-refractivity contribution in [1.82, 2.24) is 15.1 Å². The summed E-state index contributed by atoms with van der Waals surface area (Å²) in [6, 6.07) is 7.87. The summed E-state index contributed by atoms with van der Waals surface area (Å²) < 4.78 is 19.1. The van der Waals surface area contributed by atoms with Gasteiger partial charge in [0.1, 0.15) is 5.82 Å². The number of rotatable bonds is 4. The van der Waals surface area contributed by atoms with Crippen molar-refractivity contribution in [3.8, 4) is 11.3 Å². The number of aromatic amines is 1. The van der Waals surface area contributed by atoms with E-state index in [9.17, 15) is 4.39 Å². The van der Waals surface area contributed by atoms with Gasteiger partial charge in [0.25, 0.3) is 0 Å². The van der Waals surface area contributed by atoms with Crippen molar-refractivity contribution in [3.05, 3.63) is 41.8 Å². The highest BCUT2D eigenvalue weighted by molar-refractivity contribution is 5.62. The maximum atomic E-state index is 13.5. The van der Waals surface area contributed by atoms with Gasteiger partial charge in [0.15, 0.2) is 0 Å². The van der Waals surface area contributed by atoms with Crippen LogP contribution in [-0.4, -0.2) is 40.4 Å². The fourth-order valence-electron chi connectivity index (χ4n) is 4.20. The Kier molecular flexibility index (Phi) is 3.91. The molecule has 3 heterocycles. The van der Waals surface area contributed by atoms with Crippen LogP contribution in [-0.2, 0) is 11.3 Å². The van der Waals surface area contributed by atoms with Gasteiger partial charge in [-0.25, -0.2) is 4.39 Å². The first-order valence-electron chi connectivity index (χ1n) is 8.31. The molecule has 0 spiro atoms. The number of benzene rings is 1. The second kappa shape index (κ2) is 6.06. The highest BCUT2D eigenvalue weighted by atomic mass is 19.1. The van der Waals surface area contributed by atoms with Gasteiger partial charge in [-0.15, -0.1) is 0 Å². The molecule has 2 saturated heterocycles. The third kappa shape index (κ3) is 2.79. The molecule has 0 amide bonds. The molecule has 2 fully saturated rings. The summed E-state index contributed by atoms with van der Waals surface area (Å²) in [6.45, 7) is 0.869. The van der Waals surface area contributed by atoms with Crippen molar-refractivity contribution in [2.75, 3.05) is 7.11 Å². The lowest BCUT2D eigenvalue weighted by Crippen LogP contribution is -2.44. The van der Waals surface area contributed by atoms with E-state index in [1.807, 2.05) is 19.4 Å². The molecule has 1 unspecified atom stereocenters. The van der Waals surface area contributed by atoms with Gasteiger partial charge < -0.3 is 4.74 Å². The minimum Gasteiger partial charge on any atom is -0.381 e. The Morgan fingerprint density at radius 1 is 1.30 bits per heavy atom. The van der Waals surface area contributed by atoms with E-state index in [0.717, 1.165) is 36.2 Å². The number of H-pyrrole nitrogens is 1. The molecule has 4 nitrogen and oxygen atoms in total. The van der Waals surface area contributed by atoms with Crippen LogP contribution >= 0.6 is 0 Å². The van der Waals surface area contributed by atoms with Crippen molar-refractivity contribution in [2.24, 2.45) is 0 Å². The number of nitrogens with one attached hydrogen (secondary N) is 1. The van der Waals surface area contributed by atoms with E-state index in [1.165, 1.54) is 18.9 Å². The second-order valence-electron chi connectivity index (χ2n) is 6.67. The Labute approximate surface area is 135 Å². The molecule has 3 atom stereocenters. The van der Waals surface area contributed by atoms with Gasteiger partial charge in [-0.05, 0) is 37.8 Å². The third-order valence-electron chi connectivity index (χ3n) is 5.36. The topological polar surface area (TPSA) is 41.1 Å². The highest BCUT2D eigenvalue weighted by Gasteiger charge is 2.40. The molecule has 0 saturated carbocycles. The lowest BCUT2D eigenvalue weighted by molar-refractivity contribution is 0.00258. The zero-order chi connectivity index (χ0) is 15.8. The van der Waals surface area contributed by atoms with Gasteiger partial charge >= 0.3 is 0 Å². The van der Waals surface area contributed by atoms with Crippen LogP contribution in [0, 0.1) is 5.82 Å². The largest absolute Gasteiger partial charge is 0.381 e. The van der Waals surface area contributed by atoms with Crippen LogP contribution in [0.25, 0.3) is 11.3 Å². The van der Waals surface area contributed by atoms with Gasteiger partial charge in [0, 0.05) is 36.9 Å². The number of methoxy groups -OCH3 is 1. The molecular weight excluding hydrogens is 293 g/mol. The van der Waals surface area contributed by atoms with Crippen LogP contribution in [0.4, 0.5) is 4.39 Å². The standard InChI is InChI=1S/C18H22FN3O/c1-23-17-8-15-5-6-16(9-17)22(15)11-13-10-20-21-18(13)12-3-2-4-14(19)7-12/h2-4,7,10,15-17H,5-6,8-9,11H2,1H3,(H,20,21)/t15-,16+,17?. The third-order valence-corrected chi connectivity index (χ3v) is 5.36.